The van der Waals surface area contributed by atoms with Gasteiger partial charge < -0.3 is 26.2 Å². The first-order valence-electron chi connectivity index (χ1n) is 7.79. The van der Waals surface area contributed by atoms with Gasteiger partial charge in [-0.15, -0.1) is 0 Å². The Balaban J connectivity index is 2.04. The van der Waals surface area contributed by atoms with Gasteiger partial charge in [0.2, 0.25) is 0 Å². The van der Waals surface area contributed by atoms with Crippen LogP contribution in [-0.2, 0) is 6.54 Å². The lowest BCUT2D eigenvalue weighted by Gasteiger charge is -2.24. The number of anilines is 3. The van der Waals surface area contributed by atoms with Gasteiger partial charge in [-0.3, -0.25) is 0 Å². The summed E-state index contributed by atoms with van der Waals surface area (Å²) in [6, 6.07) is 13.9. The first-order chi connectivity index (χ1) is 11.1. The van der Waals surface area contributed by atoms with Gasteiger partial charge in [-0.2, -0.15) is 0 Å². The molecule has 0 atom stereocenters. The molecule has 124 valence electrons. The van der Waals surface area contributed by atoms with E-state index in [1.54, 1.807) is 0 Å². The molecule has 0 spiro atoms. The second kappa shape index (κ2) is 8.41. The molecule has 0 amide bonds. The highest BCUT2D eigenvalue weighted by molar-refractivity contribution is 5.60. The van der Waals surface area contributed by atoms with Crippen molar-refractivity contribution in [3.63, 3.8) is 0 Å². The Morgan fingerprint density at radius 3 is 2.22 bits per heavy atom. The fourth-order valence-corrected chi connectivity index (χ4v) is 2.49. The molecule has 0 saturated carbocycles. The van der Waals surface area contributed by atoms with Crippen molar-refractivity contribution in [1.82, 2.24) is 0 Å². The number of nitrogen functional groups attached to an aromatic ring is 1. The van der Waals surface area contributed by atoms with E-state index in [1.165, 1.54) is 5.56 Å². The minimum atomic E-state index is 0.0657. The number of rotatable bonds is 8. The standard InChI is InChI=1S/C18H25N3O2/c1-14-12-17(21(8-10-22)9-11-23)6-7-18(14)20-13-15-2-4-16(19)5-3-15/h2-7,12,20,22-23H,8-11,13,19H2,1H3. The Kier molecular flexibility index (Phi) is 6.26. The molecule has 0 aliphatic rings. The fraction of sp³-hybridized carbons (Fsp3) is 0.333. The van der Waals surface area contributed by atoms with Crippen molar-refractivity contribution in [1.29, 1.82) is 0 Å². The zero-order valence-electron chi connectivity index (χ0n) is 13.5. The maximum absolute atomic E-state index is 9.13. The van der Waals surface area contributed by atoms with Crippen LogP contribution in [0.4, 0.5) is 17.1 Å². The molecule has 5 nitrogen and oxygen atoms in total. The van der Waals surface area contributed by atoms with Crippen LogP contribution in [0.1, 0.15) is 11.1 Å². The Bertz CT molecular complexity index is 608. The largest absolute Gasteiger partial charge is 0.399 e. The van der Waals surface area contributed by atoms with Gasteiger partial charge in [-0.1, -0.05) is 12.1 Å². The predicted octanol–water partition coefficient (Wildman–Crippen LogP) is 1.98. The van der Waals surface area contributed by atoms with Gasteiger partial charge in [0, 0.05) is 36.7 Å². The van der Waals surface area contributed by atoms with E-state index in [-0.39, 0.29) is 13.2 Å². The van der Waals surface area contributed by atoms with E-state index >= 15 is 0 Å². The van der Waals surface area contributed by atoms with Gasteiger partial charge in [0.1, 0.15) is 0 Å². The maximum Gasteiger partial charge on any atom is 0.0606 e. The van der Waals surface area contributed by atoms with E-state index in [1.807, 2.05) is 48.2 Å². The van der Waals surface area contributed by atoms with E-state index in [0.717, 1.165) is 29.2 Å². The molecule has 0 aromatic heterocycles. The van der Waals surface area contributed by atoms with E-state index in [9.17, 15) is 0 Å². The molecule has 2 aromatic carbocycles. The molecule has 5 N–H and O–H groups in total. The zero-order valence-corrected chi connectivity index (χ0v) is 13.5. The number of nitrogens with two attached hydrogens (primary N) is 1. The highest BCUT2D eigenvalue weighted by Gasteiger charge is 2.07. The van der Waals surface area contributed by atoms with Crippen LogP contribution in [0, 0.1) is 6.92 Å². The van der Waals surface area contributed by atoms with Crippen LogP contribution >= 0.6 is 0 Å². The minimum Gasteiger partial charge on any atom is -0.399 e. The Morgan fingerprint density at radius 2 is 1.65 bits per heavy atom. The lowest BCUT2D eigenvalue weighted by molar-refractivity contribution is 0.281. The van der Waals surface area contributed by atoms with Crippen LogP contribution < -0.4 is 16.0 Å². The molecule has 0 saturated heterocycles. The molecule has 0 fully saturated rings. The molecule has 2 rings (SSSR count). The molecule has 0 bridgehead atoms. The number of benzene rings is 2. The summed E-state index contributed by atoms with van der Waals surface area (Å²) in [5.41, 5.74) is 10.8. The summed E-state index contributed by atoms with van der Waals surface area (Å²) < 4.78 is 0. The summed E-state index contributed by atoms with van der Waals surface area (Å²) in [4.78, 5) is 1.97. The third-order valence-corrected chi connectivity index (χ3v) is 3.78. The van der Waals surface area contributed by atoms with E-state index < -0.39 is 0 Å². The Hall–Kier alpha value is -2.24. The van der Waals surface area contributed by atoms with Gasteiger partial charge in [-0.05, 0) is 48.4 Å². The summed E-state index contributed by atoms with van der Waals surface area (Å²) in [6.45, 7) is 3.94. The van der Waals surface area contributed by atoms with Crippen LogP contribution in [0.5, 0.6) is 0 Å². The van der Waals surface area contributed by atoms with Crippen molar-refractivity contribution in [2.45, 2.75) is 13.5 Å². The number of aliphatic hydroxyl groups is 2. The summed E-state index contributed by atoms with van der Waals surface area (Å²) in [6.07, 6.45) is 0. The monoisotopic (exact) mass is 315 g/mol. The molecule has 0 heterocycles. The van der Waals surface area contributed by atoms with Crippen molar-refractivity contribution in [3.05, 3.63) is 53.6 Å². The minimum absolute atomic E-state index is 0.0657. The molecule has 5 heteroatoms. The fourth-order valence-electron chi connectivity index (χ4n) is 2.49. The van der Waals surface area contributed by atoms with Crippen molar-refractivity contribution in [3.8, 4) is 0 Å². The average molecular weight is 315 g/mol. The molecule has 0 aliphatic heterocycles. The van der Waals surface area contributed by atoms with E-state index in [4.69, 9.17) is 15.9 Å². The van der Waals surface area contributed by atoms with Gasteiger partial charge in [0.15, 0.2) is 0 Å². The molecule has 0 radical (unpaired) electrons. The van der Waals surface area contributed by atoms with E-state index in [2.05, 4.69) is 11.4 Å². The number of nitrogens with one attached hydrogen (secondary N) is 1. The van der Waals surface area contributed by atoms with Gasteiger partial charge in [-0.25, -0.2) is 0 Å². The third-order valence-electron chi connectivity index (χ3n) is 3.78. The Morgan fingerprint density at radius 1 is 1.00 bits per heavy atom. The first kappa shape index (κ1) is 17.1. The molecular weight excluding hydrogens is 290 g/mol. The quantitative estimate of drug-likeness (QED) is 0.560. The summed E-state index contributed by atoms with van der Waals surface area (Å²) in [5.74, 6) is 0. The van der Waals surface area contributed by atoms with Crippen LogP contribution in [0.2, 0.25) is 0 Å². The second-order valence-corrected chi connectivity index (χ2v) is 5.53. The van der Waals surface area contributed by atoms with Crippen molar-refractivity contribution < 1.29 is 10.2 Å². The predicted molar refractivity (Wildman–Crippen MR) is 95.7 cm³/mol. The van der Waals surface area contributed by atoms with Crippen LogP contribution in [-0.4, -0.2) is 36.5 Å². The van der Waals surface area contributed by atoms with Gasteiger partial charge >= 0.3 is 0 Å². The van der Waals surface area contributed by atoms with E-state index in [0.29, 0.717) is 13.1 Å². The van der Waals surface area contributed by atoms with Crippen molar-refractivity contribution in [2.75, 3.05) is 42.3 Å². The van der Waals surface area contributed by atoms with Crippen molar-refractivity contribution >= 4 is 17.1 Å². The smallest absolute Gasteiger partial charge is 0.0606 e. The van der Waals surface area contributed by atoms with Crippen LogP contribution in [0.25, 0.3) is 0 Å². The lowest BCUT2D eigenvalue weighted by atomic mass is 10.1. The maximum atomic E-state index is 9.13. The molecule has 2 aromatic rings. The molecule has 0 aliphatic carbocycles. The molecular formula is C18H25N3O2. The lowest BCUT2D eigenvalue weighted by Crippen LogP contribution is -2.29. The Labute approximate surface area is 137 Å². The summed E-state index contributed by atoms with van der Waals surface area (Å²) in [7, 11) is 0. The van der Waals surface area contributed by atoms with Crippen molar-refractivity contribution in [2.24, 2.45) is 0 Å². The van der Waals surface area contributed by atoms with Gasteiger partial charge in [0.25, 0.3) is 0 Å². The number of hydrogen-bond donors (Lipinski definition) is 4. The molecule has 23 heavy (non-hydrogen) atoms. The highest BCUT2D eigenvalue weighted by atomic mass is 16.3. The number of hydrogen-bond acceptors (Lipinski definition) is 5. The number of aliphatic hydroxyl groups excluding tert-OH is 2. The summed E-state index contributed by atoms with van der Waals surface area (Å²) in [5, 5.41) is 21.7. The van der Waals surface area contributed by atoms with Crippen LogP contribution in [0.15, 0.2) is 42.5 Å². The summed E-state index contributed by atoms with van der Waals surface area (Å²) >= 11 is 0. The van der Waals surface area contributed by atoms with Gasteiger partial charge in [0.05, 0.1) is 13.2 Å². The number of aryl methyl sites for hydroxylation is 1. The normalized spacial score (nSPS) is 10.6. The first-order valence-corrected chi connectivity index (χ1v) is 7.79. The SMILES string of the molecule is Cc1cc(N(CCO)CCO)ccc1NCc1ccc(N)cc1. The molecule has 0 unspecified atom stereocenters. The number of nitrogens with zero attached hydrogens (tertiary/aromatic N) is 1. The average Bonchev–Trinajstić information content (AvgIpc) is 2.55. The van der Waals surface area contributed by atoms with Crippen LogP contribution in [0.3, 0.4) is 0 Å². The zero-order chi connectivity index (χ0) is 16.7. The highest BCUT2D eigenvalue weighted by Crippen LogP contribution is 2.23. The topological polar surface area (TPSA) is 81.8 Å². The second-order valence-electron chi connectivity index (χ2n) is 5.53. The third kappa shape index (κ3) is 4.87.